The molecule has 1 saturated carbocycles. The van der Waals surface area contributed by atoms with Crippen molar-refractivity contribution in [1.29, 1.82) is 0 Å². The summed E-state index contributed by atoms with van der Waals surface area (Å²) >= 11 is 5.97. The van der Waals surface area contributed by atoms with Crippen LogP contribution in [0.15, 0.2) is 18.2 Å². The number of halogens is 1. The van der Waals surface area contributed by atoms with Crippen molar-refractivity contribution in [3.63, 3.8) is 0 Å². The number of benzene rings is 1. The fourth-order valence-corrected chi connectivity index (χ4v) is 2.86. The fraction of sp³-hybridized carbons (Fsp3) is 0.562. The summed E-state index contributed by atoms with van der Waals surface area (Å²) in [6.45, 7) is 3.06. The number of hydrogen-bond acceptors (Lipinski definition) is 2. The first-order valence-electron chi connectivity index (χ1n) is 7.49. The van der Waals surface area contributed by atoms with Gasteiger partial charge in [-0.3, -0.25) is 0 Å². The topological polar surface area (TPSA) is 61.4 Å². The normalized spacial score (nSPS) is 21.9. The maximum absolute atomic E-state index is 11.8. The molecule has 1 aliphatic carbocycles. The number of carbonyl (C=O) groups is 1. The lowest BCUT2D eigenvalue weighted by Gasteiger charge is -2.25. The number of aliphatic hydroxyl groups excluding tert-OH is 1. The van der Waals surface area contributed by atoms with E-state index in [-0.39, 0.29) is 12.1 Å². The molecule has 116 valence electrons. The zero-order valence-electron chi connectivity index (χ0n) is 12.4. The lowest BCUT2D eigenvalue weighted by Crippen LogP contribution is -2.39. The Hall–Kier alpha value is -1.26. The molecular formula is C16H23ClN2O2. The summed E-state index contributed by atoms with van der Waals surface area (Å²) in [4.78, 5) is 11.8. The van der Waals surface area contributed by atoms with E-state index in [9.17, 15) is 9.90 Å². The Morgan fingerprint density at radius 1 is 1.38 bits per heavy atom. The summed E-state index contributed by atoms with van der Waals surface area (Å²) in [6, 6.07) is 5.56. The number of hydrogen-bond donors (Lipinski definition) is 3. The van der Waals surface area contributed by atoms with E-state index in [1.165, 1.54) is 0 Å². The molecule has 0 heterocycles. The monoisotopic (exact) mass is 310 g/mol. The summed E-state index contributed by atoms with van der Waals surface area (Å²) < 4.78 is 0. The third-order valence-corrected chi connectivity index (χ3v) is 4.41. The third kappa shape index (κ3) is 5.21. The van der Waals surface area contributed by atoms with Gasteiger partial charge in [0.05, 0.1) is 6.10 Å². The lowest BCUT2D eigenvalue weighted by atomic mass is 9.87. The zero-order valence-corrected chi connectivity index (χ0v) is 13.1. The van der Waals surface area contributed by atoms with E-state index in [4.69, 9.17) is 11.6 Å². The highest BCUT2D eigenvalue weighted by molar-refractivity contribution is 6.31. The van der Waals surface area contributed by atoms with Gasteiger partial charge < -0.3 is 15.7 Å². The predicted molar refractivity (Wildman–Crippen MR) is 84.4 cm³/mol. The minimum absolute atomic E-state index is 0.164. The van der Waals surface area contributed by atoms with Gasteiger partial charge in [-0.2, -0.15) is 0 Å². The molecule has 2 atom stereocenters. The van der Waals surface area contributed by atoms with Crippen molar-refractivity contribution < 1.29 is 9.90 Å². The molecule has 1 fully saturated rings. The standard InChI is InChI=1S/C16H23ClN2O2/c1-11-7-13(5-6-15(11)17)10-19-16(21)18-9-12-3-2-4-14(20)8-12/h5-7,12,14,20H,2-4,8-10H2,1H3,(H2,18,19,21). The van der Waals surface area contributed by atoms with Crippen molar-refractivity contribution in [2.24, 2.45) is 5.92 Å². The summed E-state index contributed by atoms with van der Waals surface area (Å²) in [5, 5.41) is 16.1. The van der Waals surface area contributed by atoms with E-state index in [0.29, 0.717) is 19.0 Å². The summed E-state index contributed by atoms with van der Waals surface area (Å²) in [5.41, 5.74) is 2.03. The molecule has 0 radical (unpaired) electrons. The van der Waals surface area contributed by atoms with Crippen LogP contribution in [0.25, 0.3) is 0 Å². The molecule has 21 heavy (non-hydrogen) atoms. The van der Waals surface area contributed by atoms with Crippen molar-refractivity contribution in [2.45, 2.75) is 45.3 Å². The zero-order chi connectivity index (χ0) is 15.2. The summed E-state index contributed by atoms with van der Waals surface area (Å²) in [5.74, 6) is 0.386. The predicted octanol–water partition coefficient (Wildman–Crippen LogP) is 3.00. The van der Waals surface area contributed by atoms with Gasteiger partial charge in [0, 0.05) is 18.1 Å². The highest BCUT2D eigenvalue weighted by atomic mass is 35.5. The maximum Gasteiger partial charge on any atom is 0.315 e. The smallest absolute Gasteiger partial charge is 0.315 e. The van der Waals surface area contributed by atoms with Crippen LogP contribution in [0, 0.1) is 12.8 Å². The largest absolute Gasteiger partial charge is 0.393 e. The molecular weight excluding hydrogens is 288 g/mol. The number of aryl methyl sites for hydroxylation is 1. The first-order valence-corrected chi connectivity index (χ1v) is 7.87. The minimum Gasteiger partial charge on any atom is -0.393 e. The van der Waals surface area contributed by atoms with Crippen LogP contribution < -0.4 is 10.6 Å². The Kier molecular flexibility index (Phi) is 5.88. The Morgan fingerprint density at radius 2 is 2.19 bits per heavy atom. The van der Waals surface area contributed by atoms with Crippen molar-refractivity contribution in [2.75, 3.05) is 6.54 Å². The van der Waals surface area contributed by atoms with Gasteiger partial charge in [-0.1, -0.05) is 30.2 Å². The quantitative estimate of drug-likeness (QED) is 0.800. The lowest BCUT2D eigenvalue weighted by molar-refractivity contribution is 0.101. The van der Waals surface area contributed by atoms with Crippen LogP contribution in [-0.2, 0) is 6.54 Å². The third-order valence-electron chi connectivity index (χ3n) is 3.98. The van der Waals surface area contributed by atoms with Crippen LogP contribution in [0.2, 0.25) is 5.02 Å². The molecule has 0 saturated heterocycles. The van der Waals surface area contributed by atoms with Gasteiger partial charge in [0.2, 0.25) is 0 Å². The first kappa shape index (κ1) is 16.1. The van der Waals surface area contributed by atoms with Gasteiger partial charge in [-0.25, -0.2) is 4.79 Å². The van der Waals surface area contributed by atoms with Crippen molar-refractivity contribution >= 4 is 17.6 Å². The SMILES string of the molecule is Cc1cc(CNC(=O)NCC2CCCC(O)C2)ccc1Cl. The Balaban J connectivity index is 1.70. The van der Waals surface area contributed by atoms with Gasteiger partial charge in [-0.05, 0) is 49.3 Å². The summed E-state index contributed by atoms with van der Waals surface area (Å²) in [6.07, 6.45) is 3.59. The van der Waals surface area contributed by atoms with Crippen LogP contribution in [0.4, 0.5) is 4.79 Å². The molecule has 0 aromatic heterocycles. The van der Waals surface area contributed by atoms with Crippen molar-refractivity contribution in [3.05, 3.63) is 34.3 Å². The maximum atomic E-state index is 11.8. The van der Waals surface area contributed by atoms with Gasteiger partial charge in [0.25, 0.3) is 0 Å². The van der Waals surface area contributed by atoms with E-state index in [0.717, 1.165) is 41.8 Å². The average Bonchev–Trinajstić information content (AvgIpc) is 2.46. The number of amides is 2. The number of nitrogens with one attached hydrogen (secondary N) is 2. The van der Waals surface area contributed by atoms with Crippen molar-refractivity contribution in [1.82, 2.24) is 10.6 Å². The molecule has 5 heteroatoms. The average molecular weight is 311 g/mol. The van der Waals surface area contributed by atoms with Gasteiger partial charge in [0.1, 0.15) is 0 Å². The molecule has 4 nitrogen and oxygen atoms in total. The fourth-order valence-electron chi connectivity index (χ4n) is 2.75. The summed E-state index contributed by atoms with van der Waals surface area (Å²) in [7, 11) is 0. The molecule has 0 aliphatic heterocycles. The van der Waals surface area contributed by atoms with Crippen molar-refractivity contribution in [3.8, 4) is 0 Å². The van der Waals surface area contributed by atoms with Gasteiger partial charge in [0.15, 0.2) is 0 Å². The second-order valence-electron chi connectivity index (χ2n) is 5.83. The molecule has 2 amide bonds. The highest BCUT2D eigenvalue weighted by Gasteiger charge is 2.20. The van der Waals surface area contributed by atoms with Crippen LogP contribution in [0.1, 0.15) is 36.8 Å². The molecule has 1 aliphatic rings. The molecule has 3 N–H and O–H groups in total. The van der Waals surface area contributed by atoms with E-state index in [1.54, 1.807) is 0 Å². The minimum atomic E-state index is -0.203. The Labute approximate surface area is 130 Å². The highest BCUT2D eigenvalue weighted by Crippen LogP contribution is 2.23. The number of rotatable bonds is 4. The van der Waals surface area contributed by atoms with E-state index >= 15 is 0 Å². The molecule has 1 aromatic carbocycles. The van der Waals surface area contributed by atoms with Crippen LogP contribution in [0.3, 0.4) is 0 Å². The molecule has 0 spiro atoms. The van der Waals surface area contributed by atoms with Crippen LogP contribution in [0.5, 0.6) is 0 Å². The number of aliphatic hydroxyl groups is 1. The molecule has 0 bridgehead atoms. The van der Waals surface area contributed by atoms with Gasteiger partial charge >= 0.3 is 6.03 Å². The van der Waals surface area contributed by atoms with Crippen LogP contribution in [-0.4, -0.2) is 23.8 Å². The second kappa shape index (κ2) is 7.66. The second-order valence-corrected chi connectivity index (χ2v) is 6.24. The number of urea groups is 1. The van der Waals surface area contributed by atoms with Crippen LogP contribution >= 0.6 is 11.6 Å². The molecule has 2 unspecified atom stereocenters. The molecule has 1 aromatic rings. The van der Waals surface area contributed by atoms with E-state index in [1.807, 2.05) is 25.1 Å². The first-order chi connectivity index (χ1) is 10.0. The Bertz CT molecular complexity index is 493. The molecule has 2 rings (SSSR count). The van der Waals surface area contributed by atoms with E-state index < -0.39 is 0 Å². The van der Waals surface area contributed by atoms with E-state index in [2.05, 4.69) is 10.6 Å². The van der Waals surface area contributed by atoms with Gasteiger partial charge in [-0.15, -0.1) is 0 Å². The number of carbonyl (C=O) groups excluding carboxylic acids is 1. The Morgan fingerprint density at radius 3 is 2.90 bits per heavy atom.